The van der Waals surface area contributed by atoms with Gasteiger partial charge in [-0.15, -0.1) is 0 Å². The summed E-state index contributed by atoms with van der Waals surface area (Å²) in [4.78, 5) is 13.9. The average molecular weight is 630 g/mol. The number of fused-ring (bicyclic) bond motifs is 9. The van der Waals surface area contributed by atoms with E-state index in [1.54, 1.807) is 0 Å². The average Bonchev–Trinajstić information content (AvgIpc) is 3.59. The number of benzene rings is 7. The normalized spacial score (nSPS) is 13.3. The standard InChI is InChI=1S/C46H31NO2/c1-46(2)39-17-8-6-13-33(39)34-22-20-30(26-40(34)46)32-15-10-16-37-36-23-19-29(27-43(36)49-45(48)44(32)37)28-21-24-42-38(25-28)35-14-7-9-18-41(35)47(42)31-11-4-3-5-12-31/h3-27H,1-2H3. The lowest BCUT2D eigenvalue weighted by atomic mass is 9.81. The van der Waals surface area contributed by atoms with Crippen molar-refractivity contribution in [2.24, 2.45) is 0 Å². The van der Waals surface area contributed by atoms with Gasteiger partial charge in [0.15, 0.2) is 0 Å². The molecule has 0 saturated heterocycles. The Morgan fingerprint density at radius 3 is 2.06 bits per heavy atom. The first kappa shape index (κ1) is 27.9. The summed E-state index contributed by atoms with van der Waals surface area (Å²) in [7, 11) is 0. The third kappa shape index (κ3) is 3.99. The van der Waals surface area contributed by atoms with Crippen molar-refractivity contribution in [2.45, 2.75) is 19.3 Å². The van der Waals surface area contributed by atoms with Gasteiger partial charge in [-0.3, -0.25) is 0 Å². The number of hydrogen-bond donors (Lipinski definition) is 0. The van der Waals surface area contributed by atoms with Crippen molar-refractivity contribution in [3.8, 4) is 39.1 Å². The molecule has 3 nitrogen and oxygen atoms in total. The third-order valence-electron chi connectivity index (χ3n) is 10.7. The van der Waals surface area contributed by atoms with Crippen molar-refractivity contribution in [3.63, 3.8) is 0 Å². The smallest absolute Gasteiger partial charge is 0.344 e. The van der Waals surface area contributed by atoms with Gasteiger partial charge in [0.2, 0.25) is 0 Å². The maximum atomic E-state index is 13.9. The van der Waals surface area contributed by atoms with Crippen molar-refractivity contribution in [3.05, 3.63) is 173 Å². The lowest BCUT2D eigenvalue weighted by Gasteiger charge is -2.22. The van der Waals surface area contributed by atoms with Gasteiger partial charge in [0.05, 0.1) is 16.4 Å². The molecule has 49 heavy (non-hydrogen) atoms. The Hall–Kier alpha value is -6.19. The number of para-hydroxylation sites is 2. The second kappa shape index (κ2) is 10.2. The van der Waals surface area contributed by atoms with Gasteiger partial charge in [-0.25, -0.2) is 4.79 Å². The van der Waals surface area contributed by atoms with Gasteiger partial charge in [-0.2, -0.15) is 0 Å². The van der Waals surface area contributed by atoms with Crippen LogP contribution >= 0.6 is 0 Å². The molecule has 0 spiro atoms. The fourth-order valence-corrected chi connectivity index (χ4v) is 8.28. The SMILES string of the molecule is CC1(C)c2ccccc2-c2ccc(-c3cccc4c3c(=O)oc3cc(-c5ccc6c(c5)c5ccccc5n6-c5ccccc5)ccc34)cc21. The Labute approximate surface area is 283 Å². The molecule has 0 radical (unpaired) electrons. The molecule has 0 saturated carbocycles. The minimum Gasteiger partial charge on any atom is -0.422 e. The molecule has 0 aliphatic heterocycles. The maximum Gasteiger partial charge on any atom is 0.344 e. The first-order chi connectivity index (χ1) is 24.0. The van der Waals surface area contributed by atoms with E-state index in [0.717, 1.165) is 44.2 Å². The van der Waals surface area contributed by atoms with Gasteiger partial charge in [0, 0.05) is 32.6 Å². The minimum absolute atomic E-state index is 0.125. The molecule has 0 amide bonds. The summed E-state index contributed by atoms with van der Waals surface area (Å²) in [5.74, 6) is 0. The molecular formula is C46H31NO2. The molecule has 0 fully saturated rings. The zero-order valence-corrected chi connectivity index (χ0v) is 27.2. The van der Waals surface area contributed by atoms with Crippen LogP contribution in [0.1, 0.15) is 25.0 Å². The summed E-state index contributed by atoms with van der Waals surface area (Å²) in [6.07, 6.45) is 0. The quantitative estimate of drug-likeness (QED) is 0.144. The lowest BCUT2D eigenvalue weighted by Crippen LogP contribution is -2.15. The number of nitrogens with zero attached hydrogens (tertiary/aromatic N) is 1. The van der Waals surface area contributed by atoms with Crippen LogP contribution in [0.5, 0.6) is 0 Å². The van der Waals surface area contributed by atoms with Crippen LogP contribution < -0.4 is 5.63 Å². The number of aromatic nitrogens is 1. The van der Waals surface area contributed by atoms with Crippen LogP contribution in [0.15, 0.2) is 161 Å². The maximum absolute atomic E-state index is 13.9. The van der Waals surface area contributed by atoms with Crippen LogP contribution in [0, 0.1) is 0 Å². The first-order valence-electron chi connectivity index (χ1n) is 16.8. The van der Waals surface area contributed by atoms with Gasteiger partial charge in [-0.1, -0.05) is 117 Å². The highest BCUT2D eigenvalue weighted by Gasteiger charge is 2.35. The molecule has 1 aliphatic rings. The van der Waals surface area contributed by atoms with E-state index < -0.39 is 0 Å². The molecule has 0 bridgehead atoms. The molecular weight excluding hydrogens is 599 g/mol. The van der Waals surface area contributed by atoms with E-state index >= 15 is 0 Å². The monoisotopic (exact) mass is 629 g/mol. The summed E-state index contributed by atoms with van der Waals surface area (Å²) in [6.45, 7) is 4.56. The van der Waals surface area contributed by atoms with Crippen molar-refractivity contribution < 1.29 is 4.42 Å². The fourth-order valence-electron chi connectivity index (χ4n) is 8.28. The molecule has 0 N–H and O–H groups in total. The van der Waals surface area contributed by atoms with Gasteiger partial charge >= 0.3 is 5.63 Å². The van der Waals surface area contributed by atoms with E-state index in [4.69, 9.17) is 4.42 Å². The molecule has 3 heteroatoms. The molecule has 7 aromatic carbocycles. The first-order valence-corrected chi connectivity index (χ1v) is 16.8. The summed E-state index contributed by atoms with van der Waals surface area (Å²) in [5.41, 5.74) is 12.8. The topological polar surface area (TPSA) is 35.1 Å². The predicted molar refractivity (Wildman–Crippen MR) is 203 cm³/mol. The zero-order valence-electron chi connectivity index (χ0n) is 27.2. The molecule has 232 valence electrons. The van der Waals surface area contributed by atoms with Crippen LogP contribution in [0.25, 0.3) is 82.6 Å². The van der Waals surface area contributed by atoms with Crippen LogP contribution in [0.2, 0.25) is 0 Å². The van der Waals surface area contributed by atoms with Gasteiger partial charge in [0.25, 0.3) is 0 Å². The molecule has 1 aliphatic carbocycles. The minimum atomic E-state index is -0.320. The Balaban J connectivity index is 1.11. The summed E-state index contributed by atoms with van der Waals surface area (Å²) < 4.78 is 8.46. The number of rotatable bonds is 3. The highest BCUT2D eigenvalue weighted by Crippen LogP contribution is 2.50. The van der Waals surface area contributed by atoms with Crippen LogP contribution in [-0.2, 0) is 5.41 Å². The Morgan fingerprint density at radius 1 is 0.490 bits per heavy atom. The van der Waals surface area contributed by atoms with Gasteiger partial charge < -0.3 is 8.98 Å². The Kier molecular flexibility index (Phi) is 5.78. The molecule has 0 atom stereocenters. The molecule has 10 rings (SSSR count). The summed E-state index contributed by atoms with van der Waals surface area (Å²) in [6, 6.07) is 53.3. The highest BCUT2D eigenvalue weighted by molar-refractivity contribution is 6.12. The largest absolute Gasteiger partial charge is 0.422 e. The molecule has 2 heterocycles. The van der Waals surface area contributed by atoms with E-state index in [9.17, 15) is 4.79 Å². The molecule has 2 aromatic heterocycles. The second-order valence-electron chi connectivity index (χ2n) is 13.7. The van der Waals surface area contributed by atoms with E-state index in [2.05, 4.69) is 140 Å². The fraction of sp³-hybridized carbons (Fsp3) is 0.0652. The molecule has 0 unspecified atom stereocenters. The summed E-state index contributed by atoms with van der Waals surface area (Å²) in [5, 5.41) is 4.83. The van der Waals surface area contributed by atoms with Crippen molar-refractivity contribution in [1.29, 1.82) is 0 Å². The number of hydrogen-bond acceptors (Lipinski definition) is 2. The van der Waals surface area contributed by atoms with Gasteiger partial charge in [-0.05, 0) is 93.0 Å². The van der Waals surface area contributed by atoms with Crippen molar-refractivity contribution in [2.75, 3.05) is 0 Å². The highest BCUT2D eigenvalue weighted by atomic mass is 16.4. The second-order valence-corrected chi connectivity index (χ2v) is 13.7. The lowest BCUT2D eigenvalue weighted by molar-refractivity contribution is 0.570. The van der Waals surface area contributed by atoms with E-state index in [0.29, 0.717) is 11.0 Å². The molecule has 9 aromatic rings. The third-order valence-corrected chi connectivity index (χ3v) is 10.7. The predicted octanol–water partition coefficient (Wildman–Crippen LogP) is 11.7. The van der Waals surface area contributed by atoms with Gasteiger partial charge in [0.1, 0.15) is 5.58 Å². The summed E-state index contributed by atoms with van der Waals surface area (Å²) >= 11 is 0. The van der Waals surface area contributed by atoms with Crippen LogP contribution in [-0.4, -0.2) is 4.57 Å². The van der Waals surface area contributed by atoms with E-state index in [-0.39, 0.29) is 11.0 Å². The van der Waals surface area contributed by atoms with E-state index in [1.807, 2.05) is 30.3 Å². The van der Waals surface area contributed by atoms with Crippen LogP contribution in [0.3, 0.4) is 0 Å². The van der Waals surface area contributed by atoms with Crippen molar-refractivity contribution >= 4 is 43.5 Å². The Bertz CT molecular complexity index is 2870. The van der Waals surface area contributed by atoms with E-state index in [1.165, 1.54) is 38.5 Å². The van der Waals surface area contributed by atoms with Crippen LogP contribution in [0.4, 0.5) is 0 Å². The van der Waals surface area contributed by atoms with Crippen molar-refractivity contribution in [1.82, 2.24) is 4.57 Å². The zero-order chi connectivity index (χ0) is 32.9. The Morgan fingerprint density at radius 2 is 1.16 bits per heavy atom.